The lowest BCUT2D eigenvalue weighted by Gasteiger charge is -2.05. The van der Waals surface area contributed by atoms with Crippen molar-refractivity contribution in [3.8, 4) is 10.7 Å². The van der Waals surface area contributed by atoms with Gasteiger partial charge in [-0.1, -0.05) is 12.1 Å². The molecule has 3 aromatic rings. The zero-order chi connectivity index (χ0) is 13.1. The molecule has 0 radical (unpaired) electrons. The maximum Gasteiger partial charge on any atom is 0.141 e. The molecule has 4 nitrogen and oxygen atoms in total. The lowest BCUT2D eigenvalue weighted by atomic mass is 10.3. The molecular weight excluding hydrogens is 256 g/mol. The van der Waals surface area contributed by atoms with Gasteiger partial charge in [-0.3, -0.25) is 0 Å². The summed E-state index contributed by atoms with van der Waals surface area (Å²) in [7, 11) is 0. The summed E-state index contributed by atoms with van der Waals surface area (Å²) in [5, 5.41) is 6.05. The number of hydrogen-bond acceptors (Lipinski definition) is 5. The smallest absolute Gasteiger partial charge is 0.141 e. The van der Waals surface area contributed by atoms with E-state index in [1.165, 1.54) is 0 Å². The van der Waals surface area contributed by atoms with E-state index in [0.29, 0.717) is 0 Å². The van der Waals surface area contributed by atoms with Gasteiger partial charge in [-0.15, -0.1) is 11.3 Å². The molecule has 0 spiro atoms. The van der Waals surface area contributed by atoms with Gasteiger partial charge in [0.2, 0.25) is 0 Å². The molecule has 1 N–H and O–H groups in total. The Kier molecular flexibility index (Phi) is 3.20. The number of aryl methyl sites for hydroxylation is 1. The van der Waals surface area contributed by atoms with Crippen LogP contribution in [-0.2, 0) is 0 Å². The van der Waals surface area contributed by atoms with Crippen molar-refractivity contribution in [2.24, 2.45) is 0 Å². The minimum atomic E-state index is 0.768. The number of rotatable bonds is 3. The maximum atomic E-state index is 4.53. The second-order valence-electron chi connectivity index (χ2n) is 4.09. The van der Waals surface area contributed by atoms with Gasteiger partial charge in [-0.2, -0.15) is 0 Å². The Morgan fingerprint density at radius 2 is 2.00 bits per heavy atom. The van der Waals surface area contributed by atoms with Gasteiger partial charge in [-0.25, -0.2) is 15.0 Å². The first kappa shape index (κ1) is 11.8. The quantitative estimate of drug-likeness (QED) is 0.787. The number of nitrogens with one attached hydrogen (secondary N) is 1. The molecule has 0 amide bonds. The van der Waals surface area contributed by atoms with E-state index in [1.807, 2.05) is 48.8 Å². The number of aromatic nitrogens is 3. The molecule has 19 heavy (non-hydrogen) atoms. The molecule has 0 bridgehead atoms. The fourth-order valence-electron chi connectivity index (χ4n) is 1.65. The van der Waals surface area contributed by atoms with Crippen molar-refractivity contribution >= 4 is 23.0 Å². The normalized spacial score (nSPS) is 10.4. The molecule has 5 heteroatoms. The number of hydrogen-bond donors (Lipinski definition) is 1. The first-order chi connectivity index (χ1) is 9.31. The summed E-state index contributed by atoms with van der Waals surface area (Å²) in [4.78, 5) is 13.1. The van der Waals surface area contributed by atoms with Crippen molar-refractivity contribution in [2.45, 2.75) is 6.92 Å². The number of pyridine rings is 2. The standard InChI is InChI=1S/C14H12N4S/c1-10-5-6-12(16-9-10)18-13-4-2-3-11(17-13)14-15-7-8-19-14/h2-9H,1H3,(H,16,17,18). The van der Waals surface area contributed by atoms with Gasteiger partial charge in [0.05, 0.1) is 0 Å². The van der Waals surface area contributed by atoms with E-state index in [4.69, 9.17) is 0 Å². The molecule has 0 aliphatic rings. The van der Waals surface area contributed by atoms with Gasteiger partial charge >= 0.3 is 0 Å². The van der Waals surface area contributed by atoms with E-state index in [1.54, 1.807) is 17.5 Å². The van der Waals surface area contributed by atoms with Gasteiger partial charge in [0.25, 0.3) is 0 Å². The lowest BCUT2D eigenvalue weighted by Crippen LogP contribution is -1.96. The topological polar surface area (TPSA) is 50.7 Å². The van der Waals surface area contributed by atoms with Crippen LogP contribution < -0.4 is 5.32 Å². The second-order valence-corrected chi connectivity index (χ2v) is 4.99. The second kappa shape index (κ2) is 5.16. The Labute approximate surface area is 115 Å². The zero-order valence-electron chi connectivity index (χ0n) is 10.4. The van der Waals surface area contributed by atoms with Gasteiger partial charge in [0, 0.05) is 17.8 Å². The number of anilines is 2. The van der Waals surface area contributed by atoms with E-state index < -0.39 is 0 Å². The first-order valence-corrected chi connectivity index (χ1v) is 6.76. The molecule has 0 aliphatic heterocycles. The van der Waals surface area contributed by atoms with E-state index in [0.717, 1.165) is 27.9 Å². The van der Waals surface area contributed by atoms with Crippen LogP contribution in [0.25, 0.3) is 10.7 Å². The Balaban J connectivity index is 1.85. The third kappa shape index (κ3) is 2.77. The van der Waals surface area contributed by atoms with Crippen molar-refractivity contribution < 1.29 is 0 Å². The summed E-state index contributed by atoms with van der Waals surface area (Å²) in [5.41, 5.74) is 2.00. The summed E-state index contributed by atoms with van der Waals surface area (Å²) in [6.07, 6.45) is 3.61. The highest BCUT2D eigenvalue weighted by molar-refractivity contribution is 7.13. The van der Waals surface area contributed by atoms with Crippen LogP contribution in [-0.4, -0.2) is 15.0 Å². The molecule has 0 atom stereocenters. The Hall–Kier alpha value is -2.27. The van der Waals surface area contributed by atoms with Crippen LogP contribution in [0.5, 0.6) is 0 Å². The Morgan fingerprint density at radius 1 is 1.05 bits per heavy atom. The highest BCUT2D eigenvalue weighted by Gasteiger charge is 2.03. The van der Waals surface area contributed by atoms with Crippen molar-refractivity contribution in [3.63, 3.8) is 0 Å². The number of thiazole rings is 1. The van der Waals surface area contributed by atoms with Crippen molar-refractivity contribution in [1.82, 2.24) is 15.0 Å². The average Bonchev–Trinajstić information content (AvgIpc) is 2.96. The molecule has 0 saturated carbocycles. The third-order valence-corrected chi connectivity index (χ3v) is 3.36. The fraction of sp³-hybridized carbons (Fsp3) is 0.0714. The van der Waals surface area contributed by atoms with Crippen LogP contribution >= 0.6 is 11.3 Å². The third-order valence-electron chi connectivity index (χ3n) is 2.57. The summed E-state index contributed by atoms with van der Waals surface area (Å²) in [6.45, 7) is 2.01. The molecule has 0 fully saturated rings. The predicted molar refractivity (Wildman–Crippen MR) is 77.6 cm³/mol. The van der Waals surface area contributed by atoms with Crippen molar-refractivity contribution in [2.75, 3.05) is 5.32 Å². The molecule has 3 heterocycles. The van der Waals surface area contributed by atoms with Gasteiger partial charge in [0.15, 0.2) is 0 Å². The molecule has 0 aliphatic carbocycles. The summed E-state index contributed by atoms with van der Waals surface area (Å²) in [5.74, 6) is 1.55. The zero-order valence-corrected chi connectivity index (χ0v) is 11.2. The van der Waals surface area contributed by atoms with Gasteiger partial charge in [0.1, 0.15) is 22.3 Å². The number of nitrogens with zero attached hydrogens (tertiary/aromatic N) is 3. The van der Waals surface area contributed by atoms with Crippen LogP contribution in [0.15, 0.2) is 48.1 Å². The fourth-order valence-corrected chi connectivity index (χ4v) is 2.25. The van der Waals surface area contributed by atoms with Gasteiger partial charge in [-0.05, 0) is 30.7 Å². The predicted octanol–water partition coefficient (Wildman–Crippen LogP) is 3.65. The monoisotopic (exact) mass is 268 g/mol. The summed E-state index contributed by atoms with van der Waals surface area (Å²) < 4.78 is 0. The largest absolute Gasteiger partial charge is 0.325 e. The van der Waals surface area contributed by atoms with E-state index in [9.17, 15) is 0 Å². The molecule has 0 saturated heterocycles. The molecular formula is C14H12N4S. The molecule has 0 aromatic carbocycles. The van der Waals surface area contributed by atoms with E-state index in [2.05, 4.69) is 20.3 Å². The highest BCUT2D eigenvalue weighted by atomic mass is 32.1. The molecule has 0 unspecified atom stereocenters. The van der Waals surface area contributed by atoms with Crippen molar-refractivity contribution in [3.05, 3.63) is 53.7 Å². The minimum absolute atomic E-state index is 0.768. The SMILES string of the molecule is Cc1ccc(Nc2cccc(-c3nccs3)n2)nc1. The highest BCUT2D eigenvalue weighted by Crippen LogP contribution is 2.22. The van der Waals surface area contributed by atoms with Crippen LogP contribution in [0.4, 0.5) is 11.6 Å². The van der Waals surface area contributed by atoms with E-state index in [-0.39, 0.29) is 0 Å². The lowest BCUT2D eigenvalue weighted by molar-refractivity contribution is 1.22. The Bertz CT molecular complexity index is 662. The first-order valence-electron chi connectivity index (χ1n) is 5.88. The van der Waals surface area contributed by atoms with Crippen LogP contribution in [0, 0.1) is 6.92 Å². The van der Waals surface area contributed by atoms with Crippen LogP contribution in [0.2, 0.25) is 0 Å². The van der Waals surface area contributed by atoms with E-state index >= 15 is 0 Å². The average molecular weight is 268 g/mol. The summed E-state index contributed by atoms with van der Waals surface area (Å²) >= 11 is 1.58. The van der Waals surface area contributed by atoms with Gasteiger partial charge < -0.3 is 5.32 Å². The molecule has 94 valence electrons. The van der Waals surface area contributed by atoms with Crippen LogP contribution in [0.3, 0.4) is 0 Å². The maximum absolute atomic E-state index is 4.53. The molecule has 3 aromatic heterocycles. The minimum Gasteiger partial charge on any atom is -0.325 e. The molecule has 3 rings (SSSR count). The summed E-state index contributed by atoms with van der Waals surface area (Å²) in [6, 6.07) is 9.78. The van der Waals surface area contributed by atoms with Crippen LogP contribution in [0.1, 0.15) is 5.56 Å². The Morgan fingerprint density at radius 3 is 2.74 bits per heavy atom. The van der Waals surface area contributed by atoms with Crippen molar-refractivity contribution in [1.29, 1.82) is 0 Å².